The number of halogens is 3. The SMILES string of the molecule is CCc1c2c(nc3ccc(O)cc13)-c1cc3c(c(=O)n1C2)COC(=O)C3(C)OC(=O)OCC(NC(=O)C(CCCCNC(=O)C(F)(F)F)CC(=O)COCC(=O)CCCOCCOCCOCCOCCOCCOCCOCCOCCn1cc(CCC(=O)C2CCC(CN3C(=O)C=CC3=O)CC2)nn1)C(C)C. The number of phenols is 1. The van der Waals surface area contributed by atoms with Crippen molar-refractivity contribution >= 4 is 64.0 Å². The van der Waals surface area contributed by atoms with E-state index in [1.165, 1.54) is 34.6 Å². The molecule has 1 aliphatic carbocycles. The van der Waals surface area contributed by atoms with Crippen molar-refractivity contribution in [2.45, 2.75) is 149 Å². The van der Waals surface area contributed by atoms with Crippen molar-refractivity contribution < 1.29 is 118 Å². The minimum Gasteiger partial charge on any atom is -0.508 e. The molecule has 3 unspecified atom stereocenters. The molecule has 3 atom stereocenters. The van der Waals surface area contributed by atoms with Crippen molar-refractivity contribution in [1.29, 1.82) is 0 Å². The van der Waals surface area contributed by atoms with Crippen LogP contribution in [0.3, 0.4) is 0 Å². The molecule has 31 nitrogen and oxygen atoms in total. The molecule has 1 fully saturated rings. The number of carbonyl (C=O) groups excluding carboxylic acids is 9. The number of aromatic nitrogens is 5. The molecule has 600 valence electrons. The number of esters is 1. The normalized spacial score (nSPS) is 17.3. The van der Waals surface area contributed by atoms with E-state index in [4.69, 9.17) is 61.8 Å². The Morgan fingerprint density at radius 2 is 1.34 bits per heavy atom. The Morgan fingerprint density at radius 1 is 0.734 bits per heavy atom. The molecule has 0 saturated heterocycles. The molecule has 4 aliphatic rings. The Morgan fingerprint density at radius 3 is 1.94 bits per heavy atom. The quantitative estimate of drug-likeness (QED) is 0.0238. The number of alkyl halides is 3. The zero-order valence-electron chi connectivity index (χ0n) is 62.3. The standard InChI is InChI=1S/C75H101F3N8O23/c1-5-57-58-40-54(87)16-17-62(58)80-68-59(57)44-85-64(68)41-61-60(70(85)94)47-107-72(96)74(61,4)109-73(97)108-48-63(49(2)3)81-69(93)52(9-6-7-21-79-71(95)75(76,77)78)39-56(89)46-106-45-55(88)10-8-23-98-25-27-100-29-31-102-33-35-104-37-38-105-36-34-103-32-30-101-28-26-99-24-22-84-43-53(82-83-84)15-18-65(90)51-13-11-50(12-14-51)42-86-66(91)19-20-67(86)92/h16-17,19-20,40-41,43,49-52,63,87H,5-15,18,21-39,42,44-48H2,1-4H3,(H,79,95)(H,81,93). The number of ketones is 3. The van der Waals surface area contributed by atoms with Gasteiger partial charge in [-0.1, -0.05) is 32.4 Å². The van der Waals surface area contributed by atoms with Crippen LogP contribution in [0.4, 0.5) is 18.0 Å². The lowest BCUT2D eigenvalue weighted by molar-refractivity contribution is -0.173. The Bertz CT molecular complexity index is 3800. The van der Waals surface area contributed by atoms with Gasteiger partial charge in [0.2, 0.25) is 11.5 Å². The number of pyridine rings is 2. The second-order valence-electron chi connectivity index (χ2n) is 27.4. The van der Waals surface area contributed by atoms with Gasteiger partial charge in [0.15, 0.2) is 11.6 Å². The van der Waals surface area contributed by atoms with E-state index in [-0.39, 0.29) is 104 Å². The average Bonchev–Trinajstić information content (AvgIpc) is 1.62. The van der Waals surface area contributed by atoms with Gasteiger partial charge in [0, 0.05) is 92.1 Å². The molecular weight excluding hydrogens is 1440 g/mol. The predicted octanol–water partition coefficient (Wildman–Crippen LogP) is 5.71. The minimum absolute atomic E-state index is 0.00720. The number of carbonyl (C=O) groups is 9. The number of aromatic hydroxyl groups is 1. The molecule has 3 aromatic heterocycles. The first-order valence-electron chi connectivity index (χ1n) is 37.2. The average molecular weight is 1540 g/mol. The van der Waals surface area contributed by atoms with E-state index in [1.54, 1.807) is 42.0 Å². The highest BCUT2D eigenvalue weighted by atomic mass is 19.4. The van der Waals surface area contributed by atoms with Gasteiger partial charge in [-0.25, -0.2) is 19.3 Å². The number of aryl methyl sites for hydroxylation is 2. The summed E-state index contributed by atoms with van der Waals surface area (Å²) in [6.07, 6.45) is 2.78. The highest BCUT2D eigenvalue weighted by Crippen LogP contribution is 2.42. The van der Waals surface area contributed by atoms with Crippen LogP contribution in [-0.2, 0) is 133 Å². The van der Waals surface area contributed by atoms with Gasteiger partial charge in [-0.2, -0.15) is 13.2 Å². The number of rotatable bonds is 52. The maximum Gasteiger partial charge on any atom is 0.509 e. The summed E-state index contributed by atoms with van der Waals surface area (Å²) in [7, 11) is 0. The largest absolute Gasteiger partial charge is 0.509 e. The van der Waals surface area contributed by atoms with Gasteiger partial charge < -0.3 is 77.1 Å². The van der Waals surface area contributed by atoms with Gasteiger partial charge in [-0.05, 0) is 100.0 Å². The van der Waals surface area contributed by atoms with Crippen LogP contribution in [0.5, 0.6) is 5.75 Å². The molecule has 3 aliphatic heterocycles. The summed E-state index contributed by atoms with van der Waals surface area (Å²) in [5.74, 6) is -6.17. The van der Waals surface area contributed by atoms with E-state index in [9.17, 15) is 66.2 Å². The van der Waals surface area contributed by atoms with Crippen LogP contribution in [0.25, 0.3) is 22.3 Å². The van der Waals surface area contributed by atoms with Gasteiger partial charge in [-0.3, -0.25) is 43.3 Å². The van der Waals surface area contributed by atoms with Crippen LogP contribution < -0.4 is 16.2 Å². The number of ether oxygens (including phenoxy) is 12. The predicted molar refractivity (Wildman–Crippen MR) is 380 cm³/mol. The lowest BCUT2D eigenvalue weighted by Crippen LogP contribution is -2.47. The highest BCUT2D eigenvalue weighted by Gasteiger charge is 2.49. The first-order chi connectivity index (χ1) is 52.4. The molecule has 0 spiro atoms. The molecular formula is C75H101F3N8O23. The second kappa shape index (κ2) is 43.8. The lowest BCUT2D eigenvalue weighted by Gasteiger charge is -2.33. The summed E-state index contributed by atoms with van der Waals surface area (Å²) in [4.78, 5) is 135. The van der Waals surface area contributed by atoms with Gasteiger partial charge in [0.1, 0.15) is 38.0 Å². The van der Waals surface area contributed by atoms with E-state index in [2.05, 4.69) is 15.6 Å². The summed E-state index contributed by atoms with van der Waals surface area (Å²) in [5, 5.41) is 23.9. The summed E-state index contributed by atoms with van der Waals surface area (Å²) < 4.78 is 108. The fourth-order valence-electron chi connectivity index (χ4n) is 13.0. The van der Waals surface area contributed by atoms with Gasteiger partial charge >= 0.3 is 24.2 Å². The third-order valence-corrected chi connectivity index (χ3v) is 19.1. The fraction of sp³-hybridized carbons (Fsp3) is 0.640. The lowest BCUT2D eigenvalue weighted by atomic mass is 9.79. The zero-order valence-corrected chi connectivity index (χ0v) is 62.3. The van der Waals surface area contributed by atoms with Crippen LogP contribution in [0.1, 0.15) is 126 Å². The number of phenolic OH excluding ortho intramolecular Hbond substituents is 1. The second-order valence-corrected chi connectivity index (χ2v) is 27.4. The number of benzene rings is 1. The zero-order chi connectivity index (χ0) is 78.3. The summed E-state index contributed by atoms with van der Waals surface area (Å²) in [6, 6.07) is 5.43. The molecule has 0 bridgehead atoms. The van der Waals surface area contributed by atoms with E-state index < -0.39 is 97.8 Å². The van der Waals surface area contributed by atoms with Gasteiger partial charge in [-0.15, -0.1) is 5.10 Å². The smallest absolute Gasteiger partial charge is 0.508 e. The summed E-state index contributed by atoms with van der Waals surface area (Å²) in [6.45, 7) is 11.4. The number of imide groups is 1. The number of Topliss-reactive ketones (excluding diaryl/α,β-unsaturated/α-hetero) is 3. The number of hydrogen-bond acceptors (Lipinski definition) is 26. The molecule has 6 heterocycles. The Labute approximate surface area is 629 Å². The number of nitrogens with zero attached hydrogens (tertiary/aromatic N) is 6. The fourth-order valence-corrected chi connectivity index (χ4v) is 13.0. The van der Waals surface area contributed by atoms with E-state index in [1.807, 2.05) is 13.1 Å². The number of cyclic esters (lactones) is 1. The molecule has 34 heteroatoms. The van der Waals surface area contributed by atoms with Crippen LogP contribution in [0.2, 0.25) is 0 Å². The van der Waals surface area contributed by atoms with E-state index in [0.717, 1.165) is 47.9 Å². The van der Waals surface area contributed by atoms with Crippen LogP contribution in [0, 0.1) is 23.7 Å². The summed E-state index contributed by atoms with van der Waals surface area (Å²) in [5.41, 5.74) is 1.27. The molecule has 8 rings (SSSR count). The van der Waals surface area contributed by atoms with E-state index in [0.29, 0.717) is 148 Å². The Balaban J connectivity index is 0.605. The molecule has 4 aromatic rings. The van der Waals surface area contributed by atoms with Crippen molar-refractivity contribution in [1.82, 2.24) is 40.1 Å². The molecule has 1 aromatic carbocycles. The van der Waals surface area contributed by atoms with Crippen molar-refractivity contribution in [2.24, 2.45) is 23.7 Å². The maximum absolute atomic E-state index is 14.1. The van der Waals surface area contributed by atoms with Crippen molar-refractivity contribution in [3.05, 3.63) is 80.9 Å². The number of unbranched alkanes of at least 4 members (excludes halogenated alkanes) is 1. The molecule has 3 N–H and O–H groups in total. The highest BCUT2D eigenvalue weighted by molar-refractivity contribution is 6.12. The van der Waals surface area contributed by atoms with Crippen molar-refractivity contribution in [2.75, 3.05) is 139 Å². The van der Waals surface area contributed by atoms with Crippen LogP contribution in [0.15, 0.2) is 47.4 Å². The van der Waals surface area contributed by atoms with Crippen molar-refractivity contribution in [3.8, 4) is 17.1 Å². The molecule has 1 saturated carbocycles. The first-order valence-corrected chi connectivity index (χ1v) is 37.2. The maximum atomic E-state index is 14.1. The van der Waals surface area contributed by atoms with Gasteiger partial charge in [0.05, 0.1) is 146 Å². The van der Waals surface area contributed by atoms with Crippen molar-refractivity contribution in [3.63, 3.8) is 0 Å². The number of nitrogens with one attached hydrogen (secondary N) is 2. The van der Waals surface area contributed by atoms with Crippen LogP contribution >= 0.6 is 0 Å². The minimum atomic E-state index is -5.09. The van der Waals surface area contributed by atoms with Crippen LogP contribution in [-0.4, -0.2) is 238 Å². The summed E-state index contributed by atoms with van der Waals surface area (Å²) >= 11 is 0. The molecule has 4 amide bonds. The Hall–Kier alpha value is -8.48. The van der Waals surface area contributed by atoms with Gasteiger partial charge in [0.25, 0.3) is 17.4 Å². The first kappa shape index (κ1) is 86.1. The van der Waals surface area contributed by atoms with E-state index >= 15 is 0 Å². The molecule has 109 heavy (non-hydrogen) atoms. The third-order valence-electron chi connectivity index (χ3n) is 19.1. The third kappa shape index (κ3) is 26.6. The number of fused-ring (bicyclic) bond motifs is 5. The Kier molecular flexibility index (Phi) is 34.6. The number of hydrogen-bond donors (Lipinski definition) is 3. The topological polar surface area (TPSA) is 378 Å². The number of amides is 4. The molecule has 0 radical (unpaired) electrons. The monoisotopic (exact) mass is 1540 g/mol.